The summed E-state index contributed by atoms with van der Waals surface area (Å²) in [5.41, 5.74) is 21.1. The van der Waals surface area contributed by atoms with Gasteiger partial charge in [-0.05, 0) is 51.5 Å². The fourth-order valence-corrected chi connectivity index (χ4v) is 4.92. The second-order valence-electron chi connectivity index (χ2n) is 12.5. The summed E-state index contributed by atoms with van der Waals surface area (Å²) in [4.78, 5) is 116. The molecule has 1 aliphatic rings. The topological polar surface area (TPSA) is 375 Å². The van der Waals surface area contributed by atoms with Gasteiger partial charge in [-0.2, -0.15) is 0 Å². The van der Waals surface area contributed by atoms with Gasteiger partial charge in [0, 0.05) is 13.0 Å². The molecule has 6 atom stereocenters. The second-order valence-corrected chi connectivity index (χ2v) is 12.5. The van der Waals surface area contributed by atoms with E-state index in [9.17, 15) is 43.2 Å². The van der Waals surface area contributed by atoms with Gasteiger partial charge in [-0.15, -0.1) is 0 Å². The molecule has 0 unspecified atom stereocenters. The van der Waals surface area contributed by atoms with Crippen molar-refractivity contribution in [3.63, 3.8) is 0 Å². The van der Waals surface area contributed by atoms with E-state index in [1.807, 2.05) is 0 Å². The van der Waals surface area contributed by atoms with Crippen LogP contribution < -0.4 is 60.2 Å². The summed E-state index contributed by atoms with van der Waals surface area (Å²) in [5.74, 6) is -8.67. The van der Waals surface area contributed by atoms with Crippen LogP contribution in [0.3, 0.4) is 0 Å². The summed E-state index contributed by atoms with van der Waals surface area (Å²) < 4.78 is 0. The van der Waals surface area contributed by atoms with Crippen molar-refractivity contribution < 1.29 is 48.3 Å². The van der Waals surface area contributed by atoms with E-state index >= 15 is 0 Å². The molecule has 0 aromatic carbocycles. The highest BCUT2D eigenvalue weighted by Crippen LogP contribution is 2.09. The van der Waals surface area contributed by atoms with Crippen LogP contribution in [0.4, 0.5) is 0 Å². The number of aliphatic imine (C=N–C) groups is 1. The fraction of sp³-hybridized carbons (Fsp3) is 0.667. The number of nitrogens with zero attached hydrogens (tertiary/aromatic N) is 1. The normalized spacial score (nSPS) is 16.5. The lowest BCUT2D eigenvalue weighted by molar-refractivity contribution is -0.138. The predicted octanol–water partition coefficient (Wildman–Crippen LogP) is -5.77. The monoisotopic (exact) mass is 740 g/mol. The molecule has 1 rings (SSSR count). The minimum atomic E-state index is -1.65. The zero-order chi connectivity index (χ0) is 39.5. The van der Waals surface area contributed by atoms with E-state index < -0.39 is 115 Å². The Morgan fingerprint density at radius 2 is 1.35 bits per heavy atom. The number of amides is 8. The van der Waals surface area contributed by atoms with Gasteiger partial charge in [-0.25, -0.2) is 0 Å². The van der Waals surface area contributed by atoms with Crippen LogP contribution in [0.5, 0.6) is 0 Å². The Labute approximate surface area is 300 Å². The van der Waals surface area contributed by atoms with Crippen LogP contribution in [0.2, 0.25) is 0 Å². The Morgan fingerprint density at radius 1 is 0.750 bits per heavy atom. The molecule has 1 saturated heterocycles. The Kier molecular flexibility index (Phi) is 19.1. The fourth-order valence-electron chi connectivity index (χ4n) is 4.92. The third-order valence-electron chi connectivity index (χ3n) is 7.71. The Balaban J connectivity index is 3.13. The van der Waals surface area contributed by atoms with Crippen molar-refractivity contribution in [2.45, 2.75) is 102 Å². The van der Waals surface area contributed by atoms with Crippen molar-refractivity contribution in [2.24, 2.45) is 33.8 Å². The largest absolute Gasteiger partial charge is 0.481 e. The molecule has 0 aromatic rings. The molecule has 0 aliphatic carbocycles. The number of hydrogen-bond donors (Lipinski definition) is 12. The average molecular weight is 741 g/mol. The zero-order valence-electron chi connectivity index (χ0n) is 29.5. The number of primary amides is 2. The highest BCUT2D eigenvalue weighted by atomic mass is 16.4. The predicted molar refractivity (Wildman–Crippen MR) is 184 cm³/mol. The lowest BCUT2D eigenvalue weighted by Crippen LogP contribution is -2.60. The van der Waals surface area contributed by atoms with Crippen LogP contribution >= 0.6 is 0 Å². The van der Waals surface area contributed by atoms with Gasteiger partial charge >= 0.3 is 5.97 Å². The van der Waals surface area contributed by atoms with Gasteiger partial charge in [0.1, 0.15) is 30.2 Å². The highest BCUT2D eigenvalue weighted by molar-refractivity contribution is 5.98. The van der Waals surface area contributed by atoms with Crippen molar-refractivity contribution in [3.8, 4) is 0 Å². The van der Waals surface area contributed by atoms with E-state index in [2.05, 4.69) is 42.2 Å². The number of carboxylic acid groups (broad SMARTS) is 1. The molecule has 16 N–H and O–H groups in total. The molecule has 1 heterocycles. The highest BCUT2D eigenvalue weighted by Gasteiger charge is 2.33. The van der Waals surface area contributed by atoms with E-state index in [4.69, 9.17) is 28.0 Å². The van der Waals surface area contributed by atoms with E-state index in [1.165, 1.54) is 6.92 Å². The molecule has 0 spiro atoms. The molecule has 22 nitrogen and oxygen atoms in total. The number of carboxylic acids is 1. The summed E-state index contributed by atoms with van der Waals surface area (Å²) in [6.45, 7) is 4.65. The third kappa shape index (κ3) is 16.9. The average Bonchev–Trinajstić information content (AvgIpc) is 3.60. The van der Waals surface area contributed by atoms with E-state index in [0.29, 0.717) is 13.0 Å². The first-order valence-electron chi connectivity index (χ1n) is 16.7. The van der Waals surface area contributed by atoms with Crippen LogP contribution in [0.15, 0.2) is 4.99 Å². The Bertz CT molecular complexity index is 1350. The summed E-state index contributed by atoms with van der Waals surface area (Å²) in [5, 5.41) is 26.5. The number of rotatable bonds is 23. The molecule has 1 aliphatic heterocycles. The van der Waals surface area contributed by atoms with Crippen molar-refractivity contribution in [3.05, 3.63) is 0 Å². The van der Waals surface area contributed by atoms with Crippen LogP contribution in [0.1, 0.15) is 65.7 Å². The molecule has 292 valence electrons. The third-order valence-corrected chi connectivity index (χ3v) is 7.71. The lowest BCUT2D eigenvalue weighted by Gasteiger charge is -2.27. The Hall–Kier alpha value is -5.54. The second kappa shape index (κ2) is 22.3. The van der Waals surface area contributed by atoms with Gasteiger partial charge in [-0.1, -0.05) is 13.8 Å². The maximum absolute atomic E-state index is 13.4. The quantitative estimate of drug-likeness (QED) is 0.0264. The van der Waals surface area contributed by atoms with Gasteiger partial charge < -0.3 is 65.3 Å². The number of hydrogen-bond acceptors (Lipinski definition) is 11. The SMILES string of the molecule is CC(C)[C@H](NC(=O)[C@H](CCCN=C(N)N)NC(=O)[C@H](CC(N)=O)NC(=O)[C@H](C)NC(=O)[C@H](CCC(=O)O)NC(=O)[C@@H]1CCCN1)C(=O)NCC(N)=O. The molecule has 0 aromatic heterocycles. The van der Waals surface area contributed by atoms with Crippen LogP contribution in [0, 0.1) is 5.92 Å². The van der Waals surface area contributed by atoms with Crippen LogP contribution in [-0.2, 0) is 43.2 Å². The number of nitrogens with two attached hydrogens (primary N) is 4. The zero-order valence-corrected chi connectivity index (χ0v) is 29.5. The van der Waals surface area contributed by atoms with Gasteiger partial charge in [0.2, 0.25) is 47.3 Å². The Morgan fingerprint density at radius 3 is 1.88 bits per heavy atom. The van der Waals surface area contributed by atoms with Gasteiger partial charge in [0.05, 0.1) is 19.0 Å². The number of nitrogens with one attached hydrogen (secondary N) is 7. The first kappa shape index (κ1) is 44.5. The number of carbonyl (C=O) groups excluding carboxylic acids is 8. The van der Waals surface area contributed by atoms with Crippen LogP contribution in [-0.4, -0.2) is 120 Å². The molecular formula is C30H52N12O10. The van der Waals surface area contributed by atoms with Crippen molar-refractivity contribution in [1.82, 2.24) is 37.2 Å². The molecule has 52 heavy (non-hydrogen) atoms. The first-order chi connectivity index (χ1) is 24.3. The minimum Gasteiger partial charge on any atom is -0.481 e. The standard InChI is InChI=1S/C30H52N12O10/c1-14(2)23(29(52)37-13-21(32)44)42-27(50)17(7-5-11-36-30(33)34)39-28(51)19(12-20(31)43)41-24(47)15(3)38-26(49)18(8-9-22(45)46)40-25(48)16-6-4-10-35-16/h14-19,23,35H,4-13H2,1-3H3,(H2,31,43)(H2,32,44)(H,37,52)(H,38,49)(H,39,51)(H,40,48)(H,41,47)(H,42,50)(H,45,46)(H4,33,34,36)/t15-,16-,17-,18-,19-,23-/m0/s1. The molecule has 1 fully saturated rings. The summed E-state index contributed by atoms with van der Waals surface area (Å²) in [6, 6.07) is -7.40. The first-order valence-corrected chi connectivity index (χ1v) is 16.7. The van der Waals surface area contributed by atoms with Crippen molar-refractivity contribution >= 4 is 59.2 Å². The molecule has 8 amide bonds. The molecule has 0 bridgehead atoms. The van der Waals surface area contributed by atoms with Gasteiger partial charge in [-0.3, -0.25) is 48.1 Å². The lowest BCUT2D eigenvalue weighted by atomic mass is 10.0. The number of guanidine groups is 1. The number of carbonyl (C=O) groups is 9. The van der Waals surface area contributed by atoms with E-state index in [-0.39, 0.29) is 31.8 Å². The van der Waals surface area contributed by atoms with Crippen molar-refractivity contribution in [1.29, 1.82) is 0 Å². The summed E-state index contributed by atoms with van der Waals surface area (Å²) in [6.07, 6.45) is -0.138. The van der Waals surface area contributed by atoms with E-state index in [1.54, 1.807) is 13.8 Å². The summed E-state index contributed by atoms with van der Waals surface area (Å²) >= 11 is 0. The maximum atomic E-state index is 13.4. The van der Waals surface area contributed by atoms with Crippen LogP contribution in [0.25, 0.3) is 0 Å². The molecule has 0 saturated carbocycles. The minimum absolute atomic E-state index is 0.0540. The molecule has 22 heteroatoms. The van der Waals surface area contributed by atoms with Crippen molar-refractivity contribution in [2.75, 3.05) is 19.6 Å². The smallest absolute Gasteiger partial charge is 0.303 e. The maximum Gasteiger partial charge on any atom is 0.303 e. The van der Waals surface area contributed by atoms with E-state index in [0.717, 1.165) is 6.42 Å². The molecular weight excluding hydrogens is 688 g/mol. The number of aliphatic carboxylic acids is 1. The molecule has 0 radical (unpaired) electrons. The summed E-state index contributed by atoms with van der Waals surface area (Å²) in [7, 11) is 0. The van der Waals surface area contributed by atoms with Gasteiger partial charge in [0.15, 0.2) is 5.96 Å². The van der Waals surface area contributed by atoms with Gasteiger partial charge in [0.25, 0.3) is 0 Å².